The molecular weight excluding hydrogens is 220 g/mol. The van der Waals surface area contributed by atoms with Crippen LogP contribution < -0.4 is 4.90 Å². The fourth-order valence-corrected chi connectivity index (χ4v) is 2.48. The van der Waals surface area contributed by atoms with Crippen molar-refractivity contribution in [3.8, 4) is 0 Å². The number of hydrogen-bond donors (Lipinski definition) is 0. The van der Waals surface area contributed by atoms with E-state index in [9.17, 15) is 4.79 Å². The summed E-state index contributed by atoms with van der Waals surface area (Å²) in [5, 5.41) is 0. The third-order valence-corrected chi connectivity index (χ3v) is 3.32. The van der Waals surface area contributed by atoms with Gasteiger partial charge in [0.25, 0.3) is 0 Å². The molecule has 0 unspecified atom stereocenters. The lowest BCUT2D eigenvalue weighted by molar-refractivity contribution is 0.0594. The number of carbonyl (C=O) groups is 1. The van der Waals surface area contributed by atoms with Crippen molar-refractivity contribution < 1.29 is 14.3 Å². The van der Waals surface area contributed by atoms with Crippen molar-refractivity contribution in [1.82, 2.24) is 4.98 Å². The molecule has 2 saturated heterocycles. The largest absolute Gasteiger partial charge is 0.464 e. The molecule has 1 aromatic rings. The second kappa shape index (κ2) is 4.00. The van der Waals surface area contributed by atoms with Gasteiger partial charge in [0.15, 0.2) is 5.69 Å². The minimum Gasteiger partial charge on any atom is -0.464 e. The van der Waals surface area contributed by atoms with Crippen molar-refractivity contribution in [1.29, 1.82) is 0 Å². The van der Waals surface area contributed by atoms with Crippen LogP contribution in [-0.2, 0) is 9.47 Å². The molecule has 2 aliphatic rings. The van der Waals surface area contributed by atoms with Gasteiger partial charge in [-0.1, -0.05) is 6.07 Å². The summed E-state index contributed by atoms with van der Waals surface area (Å²) in [6.07, 6.45) is 1.38. The Morgan fingerprint density at radius 2 is 2.47 bits per heavy atom. The van der Waals surface area contributed by atoms with E-state index in [4.69, 9.17) is 4.74 Å². The highest BCUT2D eigenvalue weighted by Crippen LogP contribution is 2.31. The van der Waals surface area contributed by atoms with E-state index in [0.717, 1.165) is 25.4 Å². The van der Waals surface area contributed by atoms with Gasteiger partial charge in [-0.15, -0.1) is 0 Å². The predicted octanol–water partition coefficient (Wildman–Crippen LogP) is 0.846. The van der Waals surface area contributed by atoms with Gasteiger partial charge >= 0.3 is 5.97 Å². The Morgan fingerprint density at radius 1 is 1.59 bits per heavy atom. The normalized spacial score (nSPS) is 26.3. The molecule has 17 heavy (non-hydrogen) atoms. The second-order valence-electron chi connectivity index (χ2n) is 4.37. The lowest BCUT2D eigenvalue weighted by Crippen LogP contribution is -2.37. The van der Waals surface area contributed by atoms with Gasteiger partial charge in [-0.3, -0.25) is 0 Å². The van der Waals surface area contributed by atoms with E-state index in [1.807, 2.05) is 12.1 Å². The van der Waals surface area contributed by atoms with E-state index >= 15 is 0 Å². The number of methoxy groups -OCH3 is 1. The van der Waals surface area contributed by atoms with Crippen LogP contribution in [0.25, 0.3) is 0 Å². The van der Waals surface area contributed by atoms with Crippen LogP contribution in [0.2, 0.25) is 0 Å². The average molecular weight is 234 g/mol. The summed E-state index contributed by atoms with van der Waals surface area (Å²) < 4.78 is 10.2. The van der Waals surface area contributed by atoms with E-state index in [1.165, 1.54) is 7.11 Å². The Morgan fingerprint density at radius 3 is 3.12 bits per heavy atom. The second-order valence-corrected chi connectivity index (χ2v) is 4.37. The van der Waals surface area contributed by atoms with Crippen LogP contribution >= 0.6 is 0 Å². The van der Waals surface area contributed by atoms with Gasteiger partial charge in [0.2, 0.25) is 0 Å². The lowest BCUT2D eigenvalue weighted by Gasteiger charge is -2.27. The highest BCUT2D eigenvalue weighted by molar-refractivity contribution is 5.87. The maximum Gasteiger partial charge on any atom is 0.356 e. The third-order valence-electron chi connectivity index (χ3n) is 3.32. The molecule has 0 saturated carbocycles. The van der Waals surface area contributed by atoms with E-state index in [1.54, 1.807) is 6.07 Å². The molecule has 1 aromatic heterocycles. The van der Waals surface area contributed by atoms with Crippen LogP contribution in [0.4, 0.5) is 5.82 Å². The number of esters is 1. The molecule has 5 nitrogen and oxygen atoms in total. The van der Waals surface area contributed by atoms with Gasteiger partial charge in [0, 0.05) is 6.54 Å². The number of carbonyl (C=O) groups excluding carboxylic acids is 1. The molecule has 5 heteroatoms. The fraction of sp³-hybridized carbons (Fsp3) is 0.500. The van der Waals surface area contributed by atoms with E-state index in [2.05, 4.69) is 14.6 Å². The van der Waals surface area contributed by atoms with Crippen LogP contribution in [0, 0.1) is 0 Å². The van der Waals surface area contributed by atoms with Gasteiger partial charge < -0.3 is 14.4 Å². The van der Waals surface area contributed by atoms with Crippen LogP contribution in [0.5, 0.6) is 0 Å². The first-order chi connectivity index (χ1) is 8.28. The van der Waals surface area contributed by atoms with E-state index in [0.29, 0.717) is 17.8 Å². The fourth-order valence-electron chi connectivity index (χ4n) is 2.48. The first-order valence-corrected chi connectivity index (χ1v) is 5.71. The molecule has 0 aliphatic carbocycles. The van der Waals surface area contributed by atoms with Gasteiger partial charge in [0.05, 0.1) is 25.9 Å². The number of rotatable bonds is 2. The average Bonchev–Trinajstić information content (AvgIpc) is 3.00. The molecule has 0 N–H and O–H groups in total. The summed E-state index contributed by atoms with van der Waals surface area (Å²) >= 11 is 0. The van der Waals surface area contributed by atoms with Crippen molar-refractivity contribution in [3.05, 3.63) is 23.9 Å². The Kier molecular flexibility index (Phi) is 2.48. The molecular formula is C12H14N2O3. The zero-order chi connectivity index (χ0) is 11.8. The summed E-state index contributed by atoms with van der Waals surface area (Å²) in [5.74, 6) is 0.441. The predicted molar refractivity (Wildman–Crippen MR) is 61.1 cm³/mol. The van der Waals surface area contributed by atoms with Gasteiger partial charge in [-0.05, 0) is 18.6 Å². The number of nitrogens with zero attached hydrogens (tertiary/aromatic N) is 2. The van der Waals surface area contributed by atoms with Crippen LogP contribution in [0.3, 0.4) is 0 Å². The number of morpholine rings is 1. The Hall–Kier alpha value is -1.62. The van der Waals surface area contributed by atoms with Crippen molar-refractivity contribution in [2.75, 3.05) is 25.2 Å². The topological polar surface area (TPSA) is 51.7 Å². The summed E-state index contributed by atoms with van der Waals surface area (Å²) in [4.78, 5) is 18.0. The molecule has 2 fully saturated rings. The Labute approximate surface area is 99.3 Å². The minimum atomic E-state index is -0.396. The van der Waals surface area contributed by atoms with Crippen LogP contribution in [-0.4, -0.2) is 43.4 Å². The number of fused-ring (bicyclic) bond motifs is 2. The first-order valence-electron chi connectivity index (χ1n) is 5.71. The van der Waals surface area contributed by atoms with Crippen LogP contribution in [0.15, 0.2) is 18.2 Å². The number of hydrogen-bond acceptors (Lipinski definition) is 5. The third kappa shape index (κ3) is 1.76. The number of anilines is 1. The van der Waals surface area contributed by atoms with Gasteiger partial charge in [-0.2, -0.15) is 0 Å². The minimum absolute atomic E-state index is 0.323. The lowest BCUT2D eigenvalue weighted by atomic mass is 10.2. The molecule has 3 heterocycles. The maximum absolute atomic E-state index is 11.4. The summed E-state index contributed by atoms with van der Waals surface area (Å²) in [7, 11) is 1.36. The maximum atomic E-state index is 11.4. The standard InChI is InChI=1S/C12H14N2O3/c1-16-12(15)10-3-2-4-11(13-10)14-6-9-5-8(14)7-17-9/h2-4,8-9H,5-7H2,1H3/t8-,9-/m0/s1. The summed E-state index contributed by atoms with van der Waals surface area (Å²) in [6, 6.07) is 5.83. The molecule has 0 radical (unpaired) electrons. The highest BCUT2D eigenvalue weighted by Gasteiger charge is 2.39. The quantitative estimate of drug-likeness (QED) is 0.710. The summed E-state index contributed by atoms with van der Waals surface area (Å²) in [6.45, 7) is 1.62. The molecule has 2 atom stereocenters. The molecule has 0 amide bonds. The monoisotopic (exact) mass is 234 g/mol. The highest BCUT2D eigenvalue weighted by atomic mass is 16.5. The molecule has 0 aromatic carbocycles. The zero-order valence-corrected chi connectivity index (χ0v) is 9.63. The molecule has 2 aliphatic heterocycles. The SMILES string of the molecule is COC(=O)c1cccc(N2C[C@@H]3C[C@H]2CO3)n1. The molecule has 3 rings (SSSR count). The van der Waals surface area contributed by atoms with Crippen LogP contribution in [0.1, 0.15) is 16.9 Å². The number of aromatic nitrogens is 1. The molecule has 90 valence electrons. The van der Waals surface area contributed by atoms with E-state index in [-0.39, 0.29) is 0 Å². The smallest absolute Gasteiger partial charge is 0.356 e. The number of ether oxygens (including phenoxy) is 2. The Balaban J connectivity index is 1.86. The van der Waals surface area contributed by atoms with Crippen molar-refractivity contribution in [3.63, 3.8) is 0 Å². The van der Waals surface area contributed by atoms with Gasteiger partial charge in [0.1, 0.15) is 5.82 Å². The number of pyridine rings is 1. The molecule has 0 spiro atoms. The van der Waals surface area contributed by atoms with Gasteiger partial charge in [-0.25, -0.2) is 9.78 Å². The van der Waals surface area contributed by atoms with Crippen molar-refractivity contribution >= 4 is 11.8 Å². The first kappa shape index (κ1) is 10.5. The molecule has 2 bridgehead atoms. The van der Waals surface area contributed by atoms with Crippen molar-refractivity contribution in [2.24, 2.45) is 0 Å². The van der Waals surface area contributed by atoms with Crippen molar-refractivity contribution in [2.45, 2.75) is 18.6 Å². The van der Waals surface area contributed by atoms with E-state index < -0.39 is 5.97 Å². The Bertz CT molecular complexity index is 449. The zero-order valence-electron chi connectivity index (χ0n) is 9.63. The summed E-state index contributed by atoms with van der Waals surface area (Å²) in [5.41, 5.74) is 0.355.